The van der Waals surface area contributed by atoms with Crippen LogP contribution in [0.15, 0.2) is 88.0 Å². The van der Waals surface area contributed by atoms with Crippen molar-refractivity contribution < 1.29 is 14.3 Å². The van der Waals surface area contributed by atoms with E-state index in [9.17, 15) is 4.79 Å². The first-order valence-corrected chi connectivity index (χ1v) is 10.0. The van der Waals surface area contributed by atoms with Crippen molar-refractivity contribution in [3.63, 3.8) is 0 Å². The number of carbonyl (C=O) groups is 1. The minimum atomic E-state index is -0.527. The van der Waals surface area contributed by atoms with Gasteiger partial charge in [-0.3, -0.25) is 0 Å². The molecule has 0 unspecified atom stereocenters. The summed E-state index contributed by atoms with van der Waals surface area (Å²) >= 11 is 9.70. The average molecular weight is 469 g/mol. The van der Waals surface area contributed by atoms with Gasteiger partial charge in [0, 0.05) is 15.6 Å². The van der Waals surface area contributed by atoms with E-state index in [0.717, 1.165) is 15.6 Å². The Kier molecular flexibility index (Phi) is 5.79. The van der Waals surface area contributed by atoms with Crippen molar-refractivity contribution >= 4 is 45.5 Å². The highest BCUT2D eigenvalue weighted by molar-refractivity contribution is 9.10. The zero-order valence-electron chi connectivity index (χ0n) is 15.1. The highest BCUT2D eigenvalue weighted by atomic mass is 79.9. The quantitative estimate of drug-likeness (QED) is 0.339. The lowest BCUT2D eigenvalue weighted by molar-refractivity contribution is -0.129. The summed E-state index contributed by atoms with van der Waals surface area (Å²) in [7, 11) is 0. The monoisotopic (exact) mass is 467 g/mol. The summed E-state index contributed by atoms with van der Waals surface area (Å²) in [6.45, 7) is 0.389. The van der Waals surface area contributed by atoms with Crippen molar-refractivity contribution in [2.24, 2.45) is 4.99 Å². The van der Waals surface area contributed by atoms with Gasteiger partial charge in [0.15, 0.2) is 5.70 Å². The lowest BCUT2D eigenvalue weighted by Crippen LogP contribution is -2.05. The number of hydrogen-bond donors (Lipinski definition) is 0. The van der Waals surface area contributed by atoms with Gasteiger partial charge in [0.05, 0.1) is 10.6 Å². The number of rotatable bonds is 5. The van der Waals surface area contributed by atoms with E-state index in [2.05, 4.69) is 20.9 Å². The summed E-state index contributed by atoms with van der Waals surface area (Å²) < 4.78 is 12.3. The molecule has 0 fully saturated rings. The second-order valence-corrected chi connectivity index (χ2v) is 7.50. The summed E-state index contributed by atoms with van der Waals surface area (Å²) in [5.74, 6) is 0.309. The first-order valence-electron chi connectivity index (χ1n) is 8.84. The molecular formula is C23H15BrClNO3. The number of nitrogens with zero attached hydrogens (tertiary/aromatic N) is 1. The van der Waals surface area contributed by atoms with Crippen molar-refractivity contribution in [2.45, 2.75) is 6.61 Å². The van der Waals surface area contributed by atoms with Crippen molar-refractivity contribution in [1.82, 2.24) is 0 Å². The van der Waals surface area contributed by atoms with Crippen LogP contribution in [0.3, 0.4) is 0 Å². The van der Waals surface area contributed by atoms with Gasteiger partial charge in [-0.1, -0.05) is 76.1 Å². The Balaban J connectivity index is 1.61. The first kappa shape index (κ1) is 19.4. The van der Waals surface area contributed by atoms with E-state index < -0.39 is 5.97 Å². The highest BCUT2D eigenvalue weighted by Gasteiger charge is 2.25. The third kappa shape index (κ3) is 4.42. The van der Waals surface area contributed by atoms with Gasteiger partial charge in [-0.25, -0.2) is 9.79 Å². The number of hydrogen-bond acceptors (Lipinski definition) is 4. The van der Waals surface area contributed by atoms with Crippen LogP contribution >= 0.6 is 27.5 Å². The van der Waals surface area contributed by atoms with E-state index in [1.807, 2.05) is 54.6 Å². The number of halogens is 2. The predicted octanol–water partition coefficient (Wildman–Crippen LogP) is 6.03. The van der Waals surface area contributed by atoms with E-state index in [1.165, 1.54) is 0 Å². The maximum atomic E-state index is 12.3. The molecule has 0 saturated carbocycles. The summed E-state index contributed by atoms with van der Waals surface area (Å²) in [6, 6.07) is 22.4. The van der Waals surface area contributed by atoms with Gasteiger partial charge in [0.25, 0.3) is 0 Å². The highest BCUT2D eigenvalue weighted by Crippen LogP contribution is 2.27. The molecule has 1 aliphatic rings. The fraction of sp³-hybridized carbons (Fsp3) is 0.0435. The van der Waals surface area contributed by atoms with Crippen molar-refractivity contribution in [3.05, 3.63) is 105 Å². The molecule has 0 aliphatic carbocycles. The molecular weight excluding hydrogens is 454 g/mol. The number of carbonyl (C=O) groups excluding carboxylic acids is 1. The first-order chi connectivity index (χ1) is 14.1. The summed E-state index contributed by atoms with van der Waals surface area (Å²) in [4.78, 5) is 16.6. The van der Waals surface area contributed by atoms with Crippen LogP contribution in [0.5, 0.6) is 5.75 Å². The standard InChI is InChI=1S/C23H15BrClNO3/c24-18-10-4-1-8-16(18)14-28-21-12-6-2-7-15(21)13-20-23(27)29-22(26-20)17-9-3-5-11-19(17)25/h1-13H,14H2/b20-13-. The number of ether oxygens (including phenoxy) is 2. The Bertz CT molecular complexity index is 1140. The molecule has 0 aromatic heterocycles. The minimum absolute atomic E-state index is 0.192. The number of esters is 1. The van der Waals surface area contributed by atoms with Gasteiger partial charge in [0.2, 0.25) is 5.90 Å². The molecule has 3 aromatic rings. The molecule has 144 valence electrons. The van der Waals surface area contributed by atoms with Crippen LogP contribution in [0.2, 0.25) is 5.02 Å². The molecule has 1 aliphatic heterocycles. The van der Waals surface area contributed by atoms with Crippen LogP contribution in [-0.2, 0) is 16.1 Å². The summed E-state index contributed by atoms with van der Waals surface area (Å²) in [5, 5.41) is 0.470. The smallest absolute Gasteiger partial charge is 0.363 e. The second-order valence-electron chi connectivity index (χ2n) is 6.23. The average Bonchev–Trinajstić information content (AvgIpc) is 3.09. The lowest BCUT2D eigenvalue weighted by atomic mass is 10.1. The van der Waals surface area contributed by atoms with E-state index in [0.29, 0.717) is 22.9 Å². The SMILES string of the molecule is O=C1OC(c2ccccc2Cl)=N/C1=C\c1ccccc1OCc1ccccc1Br. The Morgan fingerprint density at radius 3 is 2.55 bits per heavy atom. The molecule has 1 heterocycles. The molecule has 4 nitrogen and oxygen atoms in total. The van der Waals surface area contributed by atoms with Crippen molar-refractivity contribution in [1.29, 1.82) is 0 Å². The zero-order valence-corrected chi connectivity index (χ0v) is 17.5. The topological polar surface area (TPSA) is 47.9 Å². The predicted molar refractivity (Wildman–Crippen MR) is 117 cm³/mol. The van der Waals surface area contributed by atoms with Crippen LogP contribution in [0.1, 0.15) is 16.7 Å². The van der Waals surface area contributed by atoms with E-state index >= 15 is 0 Å². The van der Waals surface area contributed by atoms with Crippen LogP contribution < -0.4 is 4.74 Å². The molecule has 0 radical (unpaired) electrons. The molecule has 3 aromatic carbocycles. The molecule has 0 amide bonds. The molecule has 0 bridgehead atoms. The van der Waals surface area contributed by atoms with Gasteiger partial charge < -0.3 is 9.47 Å². The second kappa shape index (κ2) is 8.64. The number of benzene rings is 3. The third-order valence-electron chi connectivity index (χ3n) is 4.28. The fourth-order valence-electron chi connectivity index (χ4n) is 2.81. The van der Waals surface area contributed by atoms with E-state index in [1.54, 1.807) is 24.3 Å². The van der Waals surface area contributed by atoms with Gasteiger partial charge in [0.1, 0.15) is 12.4 Å². The Morgan fingerprint density at radius 1 is 1.00 bits per heavy atom. The normalized spacial score (nSPS) is 14.6. The van der Waals surface area contributed by atoms with Crippen LogP contribution in [0.4, 0.5) is 0 Å². The third-order valence-corrected chi connectivity index (χ3v) is 5.38. The molecule has 0 saturated heterocycles. The van der Waals surface area contributed by atoms with Crippen molar-refractivity contribution in [2.75, 3.05) is 0 Å². The van der Waals surface area contributed by atoms with Crippen LogP contribution in [0.25, 0.3) is 6.08 Å². The van der Waals surface area contributed by atoms with Gasteiger partial charge in [-0.05, 0) is 30.3 Å². The molecule has 0 spiro atoms. The Morgan fingerprint density at radius 2 is 1.72 bits per heavy atom. The van der Waals surface area contributed by atoms with Gasteiger partial charge >= 0.3 is 5.97 Å². The fourth-order valence-corrected chi connectivity index (χ4v) is 3.42. The van der Waals surface area contributed by atoms with Crippen LogP contribution in [0, 0.1) is 0 Å². The molecule has 0 N–H and O–H groups in total. The number of cyclic esters (lactones) is 1. The molecule has 29 heavy (non-hydrogen) atoms. The van der Waals surface area contributed by atoms with Crippen LogP contribution in [-0.4, -0.2) is 11.9 Å². The van der Waals surface area contributed by atoms with Gasteiger partial charge in [-0.15, -0.1) is 0 Å². The largest absolute Gasteiger partial charge is 0.488 e. The lowest BCUT2D eigenvalue weighted by Gasteiger charge is -2.10. The number of aliphatic imine (C=N–C) groups is 1. The molecule has 4 rings (SSSR count). The Labute approximate surface area is 181 Å². The van der Waals surface area contributed by atoms with Crippen molar-refractivity contribution in [3.8, 4) is 5.75 Å². The Hall–Kier alpha value is -2.89. The van der Waals surface area contributed by atoms with Gasteiger partial charge in [-0.2, -0.15) is 0 Å². The molecule has 6 heteroatoms. The zero-order chi connectivity index (χ0) is 20.2. The maximum absolute atomic E-state index is 12.3. The minimum Gasteiger partial charge on any atom is -0.488 e. The van der Waals surface area contributed by atoms with E-state index in [-0.39, 0.29) is 11.6 Å². The summed E-state index contributed by atoms with van der Waals surface area (Å²) in [5.41, 5.74) is 2.52. The summed E-state index contributed by atoms with van der Waals surface area (Å²) in [6.07, 6.45) is 1.65. The molecule has 0 atom stereocenters. The van der Waals surface area contributed by atoms with E-state index in [4.69, 9.17) is 21.1 Å². The number of para-hydroxylation sites is 1. The maximum Gasteiger partial charge on any atom is 0.363 e.